The summed E-state index contributed by atoms with van der Waals surface area (Å²) in [5, 5.41) is 10.9. The number of amides is 1. The van der Waals surface area contributed by atoms with E-state index in [2.05, 4.69) is 15.9 Å². The molecule has 1 heterocycles. The number of carbonyl (C=O) groups excluding carboxylic acids is 1. The second kappa shape index (κ2) is 7.00. The molecule has 0 radical (unpaired) electrons. The summed E-state index contributed by atoms with van der Waals surface area (Å²) in [4.78, 5) is 24.5. The molecule has 0 spiro atoms. The highest BCUT2D eigenvalue weighted by atomic mass is 79.9. The Morgan fingerprint density at radius 3 is 2.95 bits per heavy atom. The Labute approximate surface area is 131 Å². The van der Waals surface area contributed by atoms with Crippen LogP contribution in [0.15, 0.2) is 22.7 Å². The molecule has 2 rings (SSSR count). The van der Waals surface area contributed by atoms with Gasteiger partial charge in [0, 0.05) is 26.3 Å². The molecule has 1 atom stereocenters. The molecule has 1 fully saturated rings. The van der Waals surface area contributed by atoms with Gasteiger partial charge in [-0.25, -0.2) is 0 Å². The molecule has 6 nitrogen and oxygen atoms in total. The van der Waals surface area contributed by atoms with Crippen LogP contribution in [0.3, 0.4) is 0 Å². The van der Waals surface area contributed by atoms with E-state index in [0.29, 0.717) is 24.6 Å². The molecule has 1 amide bonds. The van der Waals surface area contributed by atoms with Crippen LogP contribution in [0.5, 0.6) is 0 Å². The fraction of sp³-hybridized carbons (Fsp3) is 0.500. The molecule has 7 heteroatoms. The van der Waals surface area contributed by atoms with Crippen LogP contribution >= 0.6 is 15.9 Å². The fourth-order valence-corrected chi connectivity index (χ4v) is 3.03. The van der Waals surface area contributed by atoms with E-state index in [1.54, 1.807) is 18.0 Å². The molecular formula is C14H17BrN2O4. The van der Waals surface area contributed by atoms with E-state index < -0.39 is 4.92 Å². The molecule has 0 bridgehead atoms. The molecule has 1 saturated heterocycles. The van der Waals surface area contributed by atoms with Gasteiger partial charge in [-0.1, -0.05) is 6.07 Å². The normalized spacial score (nSPS) is 18.3. The molecule has 21 heavy (non-hydrogen) atoms. The standard InChI is InChI=1S/C14H17BrN2O4/c1-16(8-10-4-3-7-21-9-10)14(18)11-5-2-6-12(13(11)15)17(19)20/h2,5-6,10H,3-4,7-9H2,1H3. The summed E-state index contributed by atoms with van der Waals surface area (Å²) in [6.07, 6.45) is 2.04. The molecule has 1 aromatic rings. The van der Waals surface area contributed by atoms with E-state index in [1.165, 1.54) is 12.1 Å². The van der Waals surface area contributed by atoms with Gasteiger partial charge in [-0.15, -0.1) is 0 Å². The van der Waals surface area contributed by atoms with Gasteiger partial charge in [0.15, 0.2) is 0 Å². The van der Waals surface area contributed by atoms with Gasteiger partial charge < -0.3 is 9.64 Å². The lowest BCUT2D eigenvalue weighted by Crippen LogP contribution is -2.35. The summed E-state index contributed by atoms with van der Waals surface area (Å²) in [6.45, 7) is 2.03. The first-order valence-corrected chi connectivity index (χ1v) is 7.56. The van der Waals surface area contributed by atoms with Crippen LogP contribution in [0.1, 0.15) is 23.2 Å². The van der Waals surface area contributed by atoms with E-state index in [9.17, 15) is 14.9 Å². The van der Waals surface area contributed by atoms with Crippen molar-refractivity contribution in [1.82, 2.24) is 4.90 Å². The van der Waals surface area contributed by atoms with E-state index in [-0.39, 0.29) is 16.1 Å². The van der Waals surface area contributed by atoms with Crippen LogP contribution in [-0.2, 0) is 4.74 Å². The predicted molar refractivity (Wildman–Crippen MR) is 81.3 cm³/mol. The molecule has 1 unspecified atom stereocenters. The third-order valence-corrected chi connectivity index (χ3v) is 4.37. The number of hydrogen-bond donors (Lipinski definition) is 0. The number of ether oxygens (including phenoxy) is 1. The van der Waals surface area contributed by atoms with Crippen molar-refractivity contribution in [2.24, 2.45) is 5.92 Å². The number of nitro groups is 1. The second-order valence-electron chi connectivity index (χ2n) is 5.16. The van der Waals surface area contributed by atoms with E-state index in [1.807, 2.05) is 0 Å². The minimum atomic E-state index is -0.504. The van der Waals surface area contributed by atoms with Gasteiger partial charge in [0.05, 0.1) is 17.1 Å². The van der Waals surface area contributed by atoms with Gasteiger partial charge >= 0.3 is 0 Å². The number of carbonyl (C=O) groups is 1. The lowest BCUT2D eigenvalue weighted by atomic mass is 10.0. The SMILES string of the molecule is CN(CC1CCCOC1)C(=O)c1cccc([N+](=O)[O-])c1Br. The number of rotatable bonds is 4. The molecule has 0 aromatic heterocycles. The molecular weight excluding hydrogens is 340 g/mol. The lowest BCUT2D eigenvalue weighted by molar-refractivity contribution is -0.385. The monoisotopic (exact) mass is 356 g/mol. The number of nitro benzene ring substituents is 1. The summed E-state index contributed by atoms with van der Waals surface area (Å²) in [7, 11) is 1.71. The lowest BCUT2D eigenvalue weighted by Gasteiger charge is -2.27. The van der Waals surface area contributed by atoms with Crippen molar-refractivity contribution in [1.29, 1.82) is 0 Å². The van der Waals surface area contributed by atoms with Crippen molar-refractivity contribution in [3.05, 3.63) is 38.3 Å². The van der Waals surface area contributed by atoms with Gasteiger partial charge in [0.2, 0.25) is 0 Å². The van der Waals surface area contributed by atoms with Crippen LogP contribution in [0, 0.1) is 16.0 Å². The smallest absolute Gasteiger partial charge is 0.284 e. The highest BCUT2D eigenvalue weighted by Gasteiger charge is 2.24. The highest BCUT2D eigenvalue weighted by molar-refractivity contribution is 9.10. The van der Waals surface area contributed by atoms with Gasteiger partial charge in [0.25, 0.3) is 11.6 Å². The maximum absolute atomic E-state index is 12.4. The summed E-state index contributed by atoms with van der Waals surface area (Å²) < 4.78 is 5.63. The molecule has 114 valence electrons. The van der Waals surface area contributed by atoms with Crippen LogP contribution in [0.4, 0.5) is 5.69 Å². The largest absolute Gasteiger partial charge is 0.381 e. The zero-order valence-corrected chi connectivity index (χ0v) is 13.3. The molecule has 1 aromatic carbocycles. The van der Waals surface area contributed by atoms with E-state index in [0.717, 1.165) is 19.4 Å². The summed E-state index contributed by atoms with van der Waals surface area (Å²) in [6, 6.07) is 4.48. The summed E-state index contributed by atoms with van der Waals surface area (Å²) in [5.74, 6) is 0.0984. The summed E-state index contributed by atoms with van der Waals surface area (Å²) in [5.41, 5.74) is 0.207. The second-order valence-corrected chi connectivity index (χ2v) is 5.96. The highest BCUT2D eigenvalue weighted by Crippen LogP contribution is 2.29. The molecule has 1 aliphatic rings. The fourth-order valence-electron chi connectivity index (χ4n) is 2.45. The van der Waals surface area contributed by atoms with Crippen molar-refractivity contribution >= 4 is 27.5 Å². The van der Waals surface area contributed by atoms with Gasteiger partial charge in [0.1, 0.15) is 4.47 Å². The van der Waals surface area contributed by atoms with Crippen LogP contribution in [0.25, 0.3) is 0 Å². The zero-order valence-electron chi connectivity index (χ0n) is 11.8. The van der Waals surface area contributed by atoms with Gasteiger partial charge in [-0.2, -0.15) is 0 Å². The first-order valence-electron chi connectivity index (χ1n) is 6.77. The minimum absolute atomic E-state index is 0.102. The number of nitrogens with zero attached hydrogens (tertiary/aromatic N) is 2. The number of hydrogen-bond acceptors (Lipinski definition) is 4. The number of benzene rings is 1. The Bertz CT molecular complexity index is 544. The maximum Gasteiger partial charge on any atom is 0.284 e. The van der Waals surface area contributed by atoms with Crippen LogP contribution < -0.4 is 0 Å². The average molecular weight is 357 g/mol. The quantitative estimate of drug-likeness (QED) is 0.614. The molecule has 0 aliphatic carbocycles. The Hall–Kier alpha value is -1.47. The Balaban J connectivity index is 2.11. The minimum Gasteiger partial charge on any atom is -0.381 e. The summed E-state index contributed by atoms with van der Waals surface area (Å²) >= 11 is 3.16. The first kappa shape index (κ1) is 15.9. The van der Waals surface area contributed by atoms with Gasteiger partial charge in [-0.3, -0.25) is 14.9 Å². The van der Waals surface area contributed by atoms with Crippen molar-refractivity contribution in [3.8, 4) is 0 Å². The van der Waals surface area contributed by atoms with Crippen molar-refractivity contribution in [2.75, 3.05) is 26.8 Å². The predicted octanol–water partition coefficient (Wildman–Crippen LogP) is 2.86. The molecule has 0 N–H and O–H groups in total. The number of halogens is 1. The Kier molecular flexibility index (Phi) is 5.30. The van der Waals surface area contributed by atoms with Crippen molar-refractivity contribution in [2.45, 2.75) is 12.8 Å². The van der Waals surface area contributed by atoms with Crippen molar-refractivity contribution < 1.29 is 14.5 Å². The van der Waals surface area contributed by atoms with Crippen LogP contribution in [0.2, 0.25) is 0 Å². The van der Waals surface area contributed by atoms with E-state index >= 15 is 0 Å². The average Bonchev–Trinajstić information content (AvgIpc) is 2.47. The maximum atomic E-state index is 12.4. The van der Waals surface area contributed by atoms with Gasteiger partial charge in [-0.05, 0) is 40.8 Å². The molecule has 0 saturated carbocycles. The topological polar surface area (TPSA) is 72.7 Å². The third-order valence-electron chi connectivity index (χ3n) is 3.54. The van der Waals surface area contributed by atoms with Crippen molar-refractivity contribution in [3.63, 3.8) is 0 Å². The Morgan fingerprint density at radius 2 is 2.33 bits per heavy atom. The van der Waals surface area contributed by atoms with Crippen LogP contribution in [-0.4, -0.2) is 42.5 Å². The third kappa shape index (κ3) is 3.79. The first-order chi connectivity index (χ1) is 10.0. The zero-order chi connectivity index (χ0) is 15.4. The Morgan fingerprint density at radius 1 is 1.57 bits per heavy atom. The van der Waals surface area contributed by atoms with E-state index in [4.69, 9.17) is 4.74 Å². The molecule has 1 aliphatic heterocycles.